The van der Waals surface area contributed by atoms with Crippen molar-refractivity contribution in [1.29, 1.82) is 0 Å². The van der Waals surface area contributed by atoms with Crippen LogP contribution in [0.25, 0.3) is 11.3 Å². The van der Waals surface area contributed by atoms with Gasteiger partial charge in [-0.25, -0.2) is 9.18 Å². The van der Waals surface area contributed by atoms with Crippen LogP contribution < -0.4 is 4.90 Å². The van der Waals surface area contributed by atoms with E-state index >= 15 is 0 Å². The third kappa shape index (κ3) is 3.61. The summed E-state index contributed by atoms with van der Waals surface area (Å²) >= 11 is 1.46. The van der Waals surface area contributed by atoms with Crippen LogP contribution in [0.3, 0.4) is 0 Å². The van der Waals surface area contributed by atoms with Crippen molar-refractivity contribution in [3.05, 3.63) is 83.3 Å². The fourth-order valence-electron chi connectivity index (χ4n) is 3.47. The molecule has 1 aliphatic heterocycles. The summed E-state index contributed by atoms with van der Waals surface area (Å²) in [7, 11) is 0. The van der Waals surface area contributed by atoms with Gasteiger partial charge in [-0.3, -0.25) is 14.7 Å². The third-order valence-corrected chi connectivity index (χ3v) is 6.02. The summed E-state index contributed by atoms with van der Waals surface area (Å²) in [6.07, 6.45) is 1.57. The Kier molecular flexibility index (Phi) is 5.07. The number of aryl methyl sites for hydroxylation is 1. The van der Waals surface area contributed by atoms with Crippen LogP contribution >= 0.6 is 11.8 Å². The lowest BCUT2D eigenvalue weighted by molar-refractivity contribution is -0.115. The number of aromatic carboxylic acids is 1. The Morgan fingerprint density at radius 2 is 1.97 bits per heavy atom. The number of pyridine rings is 1. The van der Waals surface area contributed by atoms with Gasteiger partial charge < -0.3 is 5.11 Å². The number of carboxylic acids is 1. The van der Waals surface area contributed by atoms with Crippen molar-refractivity contribution in [3.63, 3.8) is 0 Å². The molecule has 5 nitrogen and oxygen atoms in total. The van der Waals surface area contributed by atoms with Gasteiger partial charge in [0, 0.05) is 17.4 Å². The first kappa shape index (κ1) is 19.1. The van der Waals surface area contributed by atoms with Gasteiger partial charge in [0.15, 0.2) is 0 Å². The van der Waals surface area contributed by atoms with E-state index in [4.69, 9.17) is 0 Å². The van der Waals surface area contributed by atoms with E-state index < -0.39 is 5.97 Å². The number of thioether (sulfide) groups is 1. The smallest absolute Gasteiger partial charge is 0.336 e. The minimum atomic E-state index is -1.03. The number of anilines is 1. The van der Waals surface area contributed by atoms with Gasteiger partial charge in [-0.2, -0.15) is 0 Å². The first-order valence-electron chi connectivity index (χ1n) is 8.94. The van der Waals surface area contributed by atoms with Crippen molar-refractivity contribution in [2.24, 2.45) is 0 Å². The Hall–Kier alpha value is -3.19. The Morgan fingerprint density at radius 3 is 2.69 bits per heavy atom. The van der Waals surface area contributed by atoms with Gasteiger partial charge in [0.1, 0.15) is 11.2 Å². The highest BCUT2D eigenvalue weighted by Crippen LogP contribution is 2.42. The summed E-state index contributed by atoms with van der Waals surface area (Å²) in [4.78, 5) is 30.3. The number of amides is 1. The maximum atomic E-state index is 13.3. The Bertz CT molecular complexity index is 1100. The maximum absolute atomic E-state index is 13.3. The summed E-state index contributed by atoms with van der Waals surface area (Å²) in [6, 6.07) is 14.6. The largest absolute Gasteiger partial charge is 0.478 e. The van der Waals surface area contributed by atoms with Crippen LogP contribution in [0.4, 0.5) is 10.1 Å². The van der Waals surface area contributed by atoms with Gasteiger partial charge >= 0.3 is 5.97 Å². The highest BCUT2D eigenvalue weighted by Gasteiger charge is 2.34. The molecule has 0 saturated carbocycles. The van der Waals surface area contributed by atoms with E-state index in [1.807, 2.05) is 13.0 Å². The third-order valence-electron chi connectivity index (χ3n) is 4.80. The molecule has 2 heterocycles. The number of carbonyl (C=O) groups excluding carboxylic acids is 1. The molecule has 1 N–H and O–H groups in total. The molecule has 146 valence electrons. The fourth-order valence-corrected chi connectivity index (χ4v) is 4.65. The van der Waals surface area contributed by atoms with Crippen LogP contribution in [0, 0.1) is 12.7 Å². The van der Waals surface area contributed by atoms with Crippen molar-refractivity contribution in [1.82, 2.24) is 4.98 Å². The predicted molar refractivity (Wildman–Crippen MR) is 110 cm³/mol. The molecule has 0 bridgehead atoms. The van der Waals surface area contributed by atoms with Crippen molar-refractivity contribution in [2.45, 2.75) is 12.3 Å². The van der Waals surface area contributed by atoms with Crippen LogP contribution in [0.1, 0.15) is 26.9 Å². The van der Waals surface area contributed by atoms with Crippen LogP contribution in [0.5, 0.6) is 0 Å². The predicted octanol–water partition coefficient (Wildman–Crippen LogP) is 4.67. The number of nitrogens with zero attached hydrogens (tertiary/aromatic N) is 2. The Balaban J connectivity index is 1.78. The lowest BCUT2D eigenvalue weighted by Gasteiger charge is -2.25. The zero-order valence-electron chi connectivity index (χ0n) is 15.5. The Labute approximate surface area is 171 Å². The molecular weight excluding hydrogens is 391 g/mol. The van der Waals surface area contributed by atoms with Crippen LogP contribution in [0.15, 0.2) is 60.8 Å². The molecule has 1 aliphatic rings. The number of rotatable bonds is 4. The number of hydrogen-bond donors (Lipinski definition) is 1. The van der Waals surface area contributed by atoms with Gasteiger partial charge in [0.2, 0.25) is 5.91 Å². The molecule has 7 heteroatoms. The van der Waals surface area contributed by atoms with E-state index in [0.29, 0.717) is 22.7 Å². The topological polar surface area (TPSA) is 70.5 Å². The van der Waals surface area contributed by atoms with Crippen LogP contribution in [-0.4, -0.2) is 27.7 Å². The molecule has 1 saturated heterocycles. The number of carboxylic acid groups (broad SMARTS) is 1. The lowest BCUT2D eigenvalue weighted by atomic mass is 9.98. The van der Waals surface area contributed by atoms with Gasteiger partial charge in [0.25, 0.3) is 0 Å². The van der Waals surface area contributed by atoms with Gasteiger partial charge in [0.05, 0.1) is 17.0 Å². The molecule has 1 amide bonds. The summed E-state index contributed by atoms with van der Waals surface area (Å²) < 4.78 is 13.3. The molecule has 29 heavy (non-hydrogen) atoms. The van der Waals surface area contributed by atoms with E-state index in [1.54, 1.807) is 41.4 Å². The molecule has 1 unspecified atom stereocenters. The van der Waals surface area contributed by atoms with Gasteiger partial charge in [-0.1, -0.05) is 24.3 Å². The number of aromatic nitrogens is 1. The van der Waals surface area contributed by atoms with E-state index in [-0.39, 0.29) is 22.7 Å². The minimum Gasteiger partial charge on any atom is -0.478 e. The number of halogens is 1. The SMILES string of the molecule is Cc1cccc(C(=O)O)c1-c1cc(N2C(=O)CSC2c2ccc(F)cc2)ccn1. The summed E-state index contributed by atoms with van der Waals surface area (Å²) in [5.41, 5.74) is 3.40. The highest BCUT2D eigenvalue weighted by atomic mass is 32.2. The average Bonchev–Trinajstić information content (AvgIpc) is 3.10. The molecular formula is C22H17FN2O3S. The number of hydrogen-bond acceptors (Lipinski definition) is 4. The normalized spacial score (nSPS) is 16.3. The van der Waals surface area contributed by atoms with Crippen molar-refractivity contribution in [2.75, 3.05) is 10.7 Å². The fraction of sp³-hybridized carbons (Fsp3) is 0.136. The summed E-state index contributed by atoms with van der Waals surface area (Å²) in [5, 5.41) is 9.28. The molecule has 1 fully saturated rings. The van der Waals surface area contributed by atoms with E-state index in [9.17, 15) is 19.1 Å². The Morgan fingerprint density at radius 1 is 1.21 bits per heavy atom. The number of benzene rings is 2. The zero-order chi connectivity index (χ0) is 20.5. The average molecular weight is 408 g/mol. The van der Waals surface area contributed by atoms with Gasteiger partial charge in [-0.15, -0.1) is 11.8 Å². The van der Waals surface area contributed by atoms with Crippen molar-refractivity contribution in [3.8, 4) is 11.3 Å². The highest BCUT2D eigenvalue weighted by molar-refractivity contribution is 8.00. The molecule has 2 aromatic carbocycles. The van der Waals surface area contributed by atoms with E-state index in [2.05, 4.69) is 4.98 Å². The second-order valence-corrected chi connectivity index (χ2v) is 7.75. The molecule has 4 rings (SSSR count). The lowest BCUT2D eigenvalue weighted by Crippen LogP contribution is -2.27. The van der Waals surface area contributed by atoms with Gasteiger partial charge in [-0.05, 0) is 48.4 Å². The summed E-state index contributed by atoms with van der Waals surface area (Å²) in [6.45, 7) is 1.83. The molecule has 3 aromatic rings. The van der Waals surface area contributed by atoms with Crippen molar-refractivity contribution < 1.29 is 19.1 Å². The van der Waals surface area contributed by atoms with Crippen LogP contribution in [-0.2, 0) is 4.79 Å². The van der Waals surface area contributed by atoms with Crippen LogP contribution in [0.2, 0.25) is 0 Å². The standard InChI is InChI=1S/C22H17FN2O3S/c1-13-3-2-4-17(22(27)28)20(13)18-11-16(9-10-24-18)25-19(26)12-29-21(25)14-5-7-15(23)8-6-14/h2-11,21H,12H2,1H3,(H,27,28). The minimum absolute atomic E-state index is 0.0651. The number of carbonyl (C=O) groups is 2. The summed E-state index contributed by atoms with van der Waals surface area (Å²) in [5.74, 6) is -1.12. The molecule has 0 aliphatic carbocycles. The zero-order valence-corrected chi connectivity index (χ0v) is 16.3. The molecule has 1 aromatic heterocycles. The van der Waals surface area contributed by atoms with E-state index in [1.165, 1.54) is 30.0 Å². The van der Waals surface area contributed by atoms with E-state index in [0.717, 1.165) is 11.1 Å². The quantitative estimate of drug-likeness (QED) is 0.679. The second-order valence-electron chi connectivity index (χ2n) is 6.68. The van der Waals surface area contributed by atoms with Crippen molar-refractivity contribution >= 4 is 29.3 Å². The second kappa shape index (κ2) is 7.67. The molecule has 1 atom stereocenters. The maximum Gasteiger partial charge on any atom is 0.336 e. The first-order valence-corrected chi connectivity index (χ1v) is 9.99. The molecule has 0 spiro atoms. The monoisotopic (exact) mass is 408 g/mol. The first-order chi connectivity index (χ1) is 14.0. The molecule has 0 radical (unpaired) electrons.